The Morgan fingerprint density at radius 2 is 1.62 bits per heavy atom. The van der Waals surface area contributed by atoms with Crippen molar-refractivity contribution >= 4 is 17.5 Å². The lowest BCUT2D eigenvalue weighted by Gasteiger charge is -2.29. The van der Waals surface area contributed by atoms with E-state index in [-0.39, 0.29) is 5.91 Å². The number of aromatic nitrogens is 4. The van der Waals surface area contributed by atoms with E-state index in [1.54, 1.807) is 69.8 Å². The smallest absolute Gasteiger partial charge is 0.255 e. The standard InChI is InChI=1S/C28H28N6O5/c1-16-24(27(35)31-19-7-6-12-29-15-19)25(17-8-10-20(36-2)22(13-17)38-4)34-28(30-16)32-26(33-34)18-9-11-21(37-3)23(14-18)39-5/h6-15,25H,1-5H3,(H,31,35)(H,30,32,33). The van der Waals surface area contributed by atoms with Crippen molar-refractivity contribution in [2.75, 3.05) is 39.1 Å². The summed E-state index contributed by atoms with van der Waals surface area (Å²) < 4.78 is 23.5. The lowest BCUT2D eigenvalue weighted by Crippen LogP contribution is -2.31. The van der Waals surface area contributed by atoms with Gasteiger partial charge in [0.25, 0.3) is 5.91 Å². The van der Waals surface area contributed by atoms with E-state index < -0.39 is 6.04 Å². The quantitative estimate of drug-likeness (QED) is 0.345. The van der Waals surface area contributed by atoms with E-state index in [0.29, 0.717) is 51.7 Å². The number of anilines is 2. The molecule has 1 amide bonds. The molecule has 3 heterocycles. The van der Waals surface area contributed by atoms with Gasteiger partial charge in [-0.05, 0) is 55.0 Å². The number of benzene rings is 2. The van der Waals surface area contributed by atoms with Crippen molar-refractivity contribution in [3.63, 3.8) is 0 Å². The molecule has 2 aromatic heterocycles. The Labute approximate surface area is 225 Å². The Balaban J connectivity index is 1.63. The molecule has 2 aromatic carbocycles. The van der Waals surface area contributed by atoms with Crippen LogP contribution in [0.15, 0.2) is 72.2 Å². The maximum Gasteiger partial charge on any atom is 0.255 e. The molecule has 5 rings (SSSR count). The Hall–Kier alpha value is -5.06. The molecule has 0 saturated heterocycles. The SMILES string of the molecule is COc1ccc(-c2nc3n(n2)C(c2ccc(OC)c(OC)c2)C(C(=O)Nc2cccnc2)=C(C)N3)cc1OC. The van der Waals surface area contributed by atoms with E-state index in [4.69, 9.17) is 29.0 Å². The van der Waals surface area contributed by atoms with Crippen molar-refractivity contribution in [2.45, 2.75) is 13.0 Å². The Bertz CT molecular complexity index is 1550. The molecule has 0 radical (unpaired) electrons. The lowest BCUT2D eigenvalue weighted by molar-refractivity contribution is -0.113. The summed E-state index contributed by atoms with van der Waals surface area (Å²) in [5.74, 6) is 2.88. The fourth-order valence-electron chi connectivity index (χ4n) is 4.51. The van der Waals surface area contributed by atoms with Gasteiger partial charge in [-0.25, -0.2) is 4.68 Å². The van der Waals surface area contributed by atoms with E-state index >= 15 is 0 Å². The highest BCUT2D eigenvalue weighted by Crippen LogP contribution is 2.40. The minimum Gasteiger partial charge on any atom is -0.493 e. The maximum absolute atomic E-state index is 13.7. The summed E-state index contributed by atoms with van der Waals surface area (Å²) in [5.41, 5.74) is 3.15. The average molecular weight is 529 g/mol. The number of amides is 1. The van der Waals surface area contributed by atoms with E-state index in [1.807, 2.05) is 31.2 Å². The lowest BCUT2D eigenvalue weighted by atomic mass is 9.94. The molecule has 200 valence electrons. The van der Waals surface area contributed by atoms with Crippen molar-refractivity contribution in [2.24, 2.45) is 0 Å². The molecule has 0 saturated carbocycles. The number of rotatable bonds is 8. The summed E-state index contributed by atoms with van der Waals surface area (Å²) in [6.07, 6.45) is 3.23. The van der Waals surface area contributed by atoms with Gasteiger partial charge in [-0.15, -0.1) is 5.10 Å². The molecule has 39 heavy (non-hydrogen) atoms. The van der Waals surface area contributed by atoms with Gasteiger partial charge in [0.15, 0.2) is 28.8 Å². The number of hydrogen-bond donors (Lipinski definition) is 2. The summed E-state index contributed by atoms with van der Waals surface area (Å²) in [4.78, 5) is 22.5. The zero-order chi connectivity index (χ0) is 27.5. The third-order valence-corrected chi connectivity index (χ3v) is 6.38. The Kier molecular flexibility index (Phi) is 7.04. The molecule has 0 aliphatic carbocycles. The number of pyridine rings is 1. The largest absolute Gasteiger partial charge is 0.493 e. The van der Waals surface area contributed by atoms with Crippen LogP contribution in [0, 0.1) is 0 Å². The van der Waals surface area contributed by atoms with Gasteiger partial charge in [0.1, 0.15) is 6.04 Å². The minimum atomic E-state index is -0.626. The number of carbonyl (C=O) groups is 1. The first-order chi connectivity index (χ1) is 19.0. The Morgan fingerprint density at radius 1 is 0.923 bits per heavy atom. The van der Waals surface area contributed by atoms with Gasteiger partial charge < -0.3 is 29.6 Å². The van der Waals surface area contributed by atoms with Crippen LogP contribution in [0.25, 0.3) is 11.4 Å². The minimum absolute atomic E-state index is 0.304. The maximum atomic E-state index is 13.7. The van der Waals surface area contributed by atoms with Crippen LogP contribution >= 0.6 is 0 Å². The molecule has 1 unspecified atom stereocenters. The predicted octanol–water partition coefficient (Wildman–Crippen LogP) is 4.30. The zero-order valence-corrected chi connectivity index (χ0v) is 22.2. The first kappa shape index (κ1) is 25.6. The second-order valence-corrected chi connectivity index (χ2v) is 8.65. The number of ether oxygens (including phenoxy) is 4. The number of methoxy groups -OCH3 is 4. The molecule has 11 heteroatoms. The molecule has 4 aromatic rings. The fourth-order valence-corrected chi connectivity index (χ4v) is 4.51. The fraction of sp³-hybridized carbons (Fsp3) is 0.214. The van der Waals surface area contributed by atoms with Crippen molar-refractivity contribution in [3.8, 4) is 34.4 Å². The van der Waals surface area contributed by atoms with Gasteiger partial charge in [-0.2, -0.15) is 4.98 Å². The van der Waals surface area contributed by atoms with Gasteiger partial charge in [-0.3, -0.25) is 9.78 Å². The second-order valence-electron chi connectivity index (χ2n) is 8.65. The Morgan fingerprint density at radius 3 is 2.28 bits per heavy atom. The zero-order valence-electron chi connectivity index (χ0n) is 22.2. The molecule has 0 spiro atoms. The number of allylic oxidation sites excluding steroid dienone is 1. The topological polar surface area (TPSA) is 122 Å². The first-order valence-electron chi connectivity index (χ1n) is 12.1. The highest BCUT2D eigenvalue weighted by atomic mass is 16.5. The molecule has 0 bridgehead atoms. The molecular formula is C28H28N6O5. The third kappa shape index (κ3) is 4.81. The third-order valence-electron chi connectivity index (χ3n) is 6.38. The summed E-state index contributed by atoms with van der Waals surface area (Å²) in [5, 5.41) is 11.0. The normalized spacial score (nSPS) is 14.2. The van der Waals surface area contributed by atoms with Crippen molar-refractivity contribution in [3.05, 3.63) is 77.8 Å². The van der Waals surface area contributed by atoms with Crippen LogP contribution in [0.5, 0.6) is 23.0 Å². The summed E-state index contributed by atoms with van der Waals surface area (Å²) in [7, 11) is 6.29. The van der Waals surface area contributed by atoms with Crippen LogP contribution in [-0.2, 0) is 4.79 Å². The highest BCUT2D eigenvalue weighted by Gasteiger charge is 2.35. The van der Waals surface area contributed by atoms with Crippen molar-refractivity contribution < 1.29 is 23.7 Å². The summed E-state index contributed by atoms with van der Waals surface area (Å²) in [6.45, 7) is 1.83. The molecule has 2 N–H and O–H groups in total. The van der Waals surface area contributed by atoms with Gasteiger partial charge in [0.05, 0.1) is 45.9 Å². The van der Waals surface area contributed by atoms with Crippen LogP contribution in [-0.4, -0.2) is 54.1 Å². The van der Waals surface area contributed by atoms with Crippen LogP contribution in [0.4, 0.5) is 11.6 Å². The molecule has 0 fully saturated rings. The average Bonchev–Trinajstić information content (AvgIpc) is 3.39. The molecule has 11 nitrogen and oxygen atoms in total. The number of nitrogens with zero attached hydrogens (tertiary/aromatic N) is 4. The number of hydrogen-bond acceptors (Lipinski definition) is 9. The number of carbonyl (C=O) groups excluding carboxylic acids is 1. The second kappa shape index (κ2) is 10.7. The van der Waals surface area contributed by atoms with E-state index in [0.717, 1.165) is 11.1 Å². The summed E-state index contributed by atoms with van der Waals surface area (Å²) in [6, 6.07) is 13.9. The number of fused-ring (bicyclic) bond motifs is 1. The number of nitrogens with one attached hydrogen (secondary N) is 2. The molecular weight excluding hydrogens is 500 g/mol. The van der Waals surface area contributed by atoms with Crippen molar-refractivity contribution in [1.29, 1.82) is 0 Å². The predicted molar refractivity (Wildman–Crippen MR) is 145 cm³/mol. The van der Waals surface area contributed by atoms with Crippen LogP contribution < -0.4 is 29.6 Å². The van der Waals surface area contributed by atoms with E-state index in [2.05, 4.69) is 15.6 Å². The first-order valence-corrected chi connectivity index (χ1v) is 12.1. The van der Waals surface area contributed by atoms with Gasteiger partial charge in [0.2, 0.25) is 5.95 Å². The molecule has 1 aliphatic heterocycles. The van der Waals surface area contributed by atoms with Gasteiger partial charge >= 0.3 is 0 Å². The van der Waals surface area contributed by atoms with E-state index in [9.17, 15) is 4.79 Å². The van der Waals surface area contributed by atoms with E-state index in [1.165, 1.54) is 0 Å². The monoisotopic (exact) mass is 528 g/mol. The van der Waals surface area contributed by atoms with Gasteiger partial charge in [-0.1, -0.05) is 6.07 Å². The van der Waals surface area contributed by atoms with Crippen LogP contribution in [0.1, 0.15) is 18.5 Å². The summed E-state index contributed by atoms with van der Waals surface area (Å²) >= 11 is 0. The van der Waals surface area contributed by atoms with Crippen LogP contribution in [0.2, 0.25) is 0 Å². The highest BCUT2D eigenvalue weighted by molar-refractivity contribution is 6.06. The van der Waals surface area contributed by atoms with Crippen molar-refractivity contribution in [1.82, 2.24) is 19.7 Å². The molecule has 1 atom stereocenters. The van der Waals surface area contributed by atoms with Gasteiger partial charge in [0, 0.05) is 17.5 Å². The molecule has 1 aliphatic rings. The van der Waals surface area contributed by atoms with Crippen LogP contribution in [0.3, 0.4) is 0 Å².